The third kappa shape index (κ3) is 2.38. The molecule has 5 heteroatoms. The first-order valence-electron chi connectivity index (χ1n) is 7.79. The van der Waals surface area contributed by atoms with E-state index in [0.29, 0.717) is 17.7 Å². The summed E-state index contributed by atoms with van der Waals surface area (Å²) in [5, 5.41) is 0. The van der Waals surface area contributed by atoms with Crippen LogP contribution in [-0.4, -0.2) is 18.1 Å². The molecule has 2 aromatic carbocycles. The first-order valence-corrected chi connectivity index (χ1v) is 7.79. The lowest BCUT2D eigenvalue weighted by Crippen LogP contribution is -2.24. The van der Waals surface area contributed by atoms with Crippen LogP contribution in [0.25, 0.3) is 0 Å². The Bertz CT molecular complexity index is 821. The standard InChI is InChI=1S/C19H15FN2O2/c20-13-7-5-11(6-8-13)17-12(10-21-22-17)9-16-18(23)14-3-1-2-4-15(14)19(16)24/h1-9,12,17,21-22H,10H2. The molecule has 2 unspecified atom stereocenters. The third-order valence-electron chi connectivity index (χ3n) is 4.54. The lowest BCUT2D eigenvalue weighted by Gasteiger charge is -2.16. The van der Waals surface area contributed by atoms with E-state index in [2.05, 4.69) is 10.9 Å². The highest BCUT2D eigenvalue weighted by molar-refractivity contribution is 6.39. The molecule has 4 nitrogen and oxygen atoms in total. The molecule has 2 atom stereocenters. The Morgan fingerprint density at radius 2 is 1.58 bits per heavy atom. The Morgan fingerprint density at radius 1 is 0.958 bits per heavy atom. The van der Waals surface area contributed by atoms with Gasteiger partial charge in [-0.2, -0.15) is 0 Å². The molecular weight excluding hydrogens is 307 g/mol. The van der Waals surface area contributed by atoms with Crippen LogP contribution in [0.5, 0.6) is 0 Å². The molecule has 0 amide bonds. The summed E-state index contributed by atoms with van der Waals surface area (Å²) < 4.78 is 13.1. The van der Waals surface area contributed by atoms with Crippen molar-refractivity contribution < 1.29 is 14.0 Å². The van der Waals surface area contributed by atoms with Gasteiger partial charge in [-0.15, -0.1) is 0 Å². The zero-order valence-corrected chi connectivity index (χ0v) is 12.8. The van der Waals surface area contributed by atoms with Crippen LogP contribution in [0.4, 0.5) is 4.39 Å². The average molecular weight is 322 g/mol. The highest BCUT2D eigenvalue weighted by Crippen LogP contribution is 2.31. The predicted octanol–water partition coefficient (Wildman–Crippen LogP) is 2.60. The molecule has 0 spiro atoms. The SMILES string of the molecule is O=C1C(=CC2CNNC2c2ccc(F)cc2)C(=O)c2ccccc21. The molecule has 0 aromatic heterocycles. The molecule has 24 heavy (non-hydrogen) atoms. The van der Waals surface area contributed by atoms with Crippen molar-refractivity contribution in [3.8, 4) is 0 Å². The van der Waals surface area contributed by atoms with E-state index >= 15 is 0 Å². The van der Waals surface area contributed by atoms with Crippen LogP contribution in [0.3, 0.4) is 0 Å². The average Bonchev–Trinajstić information content (AvgIpc) is 3.15. The van der Waals surface area contributed by atoms with E-state index in [0.717, 1.165) is 5.56 Å². The number of allylic oxidation sites excluding steroid dienone is 1. The number of hydrogen-bond donors (Lipinski definition) is 2. The number of carbonyl (C=O) groups excluding carboxylic acids is 2. The summed E-state index contributed by atoms with van der Waals surface area (Å²) in [6.45, 7) is 0.586. The molecular formula is C19H15FN2O2. The molecule has 0 bridgehead atoms. The minimum absolute atomic E-state index is 0.0762. The summed E-state index contributed by atoms with van der Waals surface area (Å²) in [4.78, 5) is 25.0. The molecule has 1 aliphatic carbocycles. The van der Waals surface area contributed by atoms with E-state index in [1.54, 1.807) is 42.5 Å². The molecule has 1 fully saturated rings. The number of nitrogens with one attached hydrogen (secondary N) is 2. The van der Waals surface area contributed by atoms with Gasteiger partial charge >= 0.3 is 0 Å². The number of fused-ring (bicyclic) bond motifs is 1. The van der Waals surface area contributed by atoms with Gasteiger partial charge < -0.3 is 0 Å². The maximum Gasteiger partial charge on any atom is 0.197 e. The normalized spacial score (nSPS) is 22.8. The van der Waals surface area contributed by atoms with Crippen molar-refractivity contribution in [1.82, 2.24) is 10.9 Å². The van der Waals surface area contributed by atoms with E-state index in [1.165, 1.54) is 12.1 Å². The fraction of sp³-hybridized carbons (Fsp3) is 0.158. The Hall–Kier alpha value is -2.63. The maximum atomic E-state index is 13.1. The molecule has 2 aliphatic rings. The highest BCUT2D eigenvalue weighted by Gasteiger charge is 2.35. The van der Waals surface area contributed by atoms with Crippen LogP contribution < -0.4 is 10.9 Å². The van der Waals surface area contributed by atoms with Crippen LogP contribution in [0, 0.1) is 11.7 Å². The number of Topliss-reactive ketones (excluding diaryl/α,β-unsaturated/α-hetero) is 2. The summed E-state index contributed by atoms with van der Waals surface area (Å²) in [7, 11) is 0. The Morgan fingerprint density at radius 3 is 2.21 bits per heavy atom. The molecule has 2 N–H and O–H groups in total. The summed E-state index contributed by atoms with van der Waals surface area (Å²) in [6, 6.07) is 13.0. The summed E-state index contributed by atoms with van der Waals surface area (Å²) in [6.07, 6.45) is 1.74. The molecule has 120 valence electrons. The number of hydrogen-bond acceptors (Lipinski definition) is 4. The van der Waals surface area contributed by atoms with Gasteiger partial charge in [-0.05, 0) is 17.7 Å². The largest absolute Gasteiger partial charge is 0.288 e. The number of benzene rings is 2. The second-order valence-corrected chi connectivity index (χ2v) is 6.00. The van der Waals surface area contributed by atoms with Crippen LogP contribution in [0.2, 0.25) is 0 Å². The van der Waals surface area contributed by atoms with Crippen molar-refractivity contribution in [3.05, 3.63) is 82.7 Å². The van der Waals surface area contributed by atoms with Gasteiger partial charge in [0.1, 0.15) is 5.82 Å². The predicted molar refractivity (Wildman–Crippen MR) is 87.0 cm³/mol. The number of carbonyl (C=O) groups is 2. The second kappa shape index (κ2) is 5.78. The molecule has 0 saturated carbocycles. The molecule has 1 heterocycles. The molecule has 4 rings (SSSR count). The van der Waals surface area contributed by atoms with Gasteiger partial charge in [-0.3, -0.25) is 15.0 Å². The Balaban J connectivity index is 1.67. The van der Waals surface area contributed by atoms with Gasteiger partial charge in [0.05, 0.1) is 11.6 Å². The van der Waals surface area contributed by atoms with E-state index < -0.39 is 0 Å². The first-order chi connectivity index (χ1) is 11.6. The zero-order chi connectivity index (χ0) is 16.7. The van der Waals surface area contributed by atoms with E-state index in [1.807, 2.05) is 0 Å². The third-order valence-corrected chi connectivity index (χ3v) is 4.54. The summed E-state index contributed by atoms with van der Waals surface area (Å²) >= 11 is 0. The van der Waals surface area contributed by atoms with E-state index in [-0.39, 0.29) is 34.9 Å². The summed E-state index contributed by atoms with van der Waals surface area (Å²) in [5.74, 6) is -0.815. The minimum atomic E-state index is -0.295. The van der Waals surface area contributed by atoms with Crippen molar-refractivity contribution in [3.63, 3.8) is 0 Å². The lowest BCUT2D eigenvalue weighted by molar-refractivity contribution is 0.0987. The van der Waals surface area contributed by atoms with Gasteiger partial charge in [0, 0.05) is 23.6 Å². The van der Waals surface area contributed by atoms with Gasteiger partial charge in [0.25, 0.3) is 0 Å². The number of rotatable bonds is 2. The highest BCUT2D eigenvalue weighted by atomic mass is 19.1. The number of ketones is 2. The second-order valence-electron chi connectivity index (χ2n) is 6.00. The quantitative estimate of drug-likeness (QED) is 0.659. The van der Waals surface area contributed by atoms with Crippen molar-refractivity contribution in [2.75, 3.05) is 6.54 Å². The number of hydrazine groups is 1. The Labute approximate surface area is 138 Å². The van der Waals surface area contributed by atoms with Crippen LogP contribution in [0.1, 0.15) is 32.3 Å². The van der Waals surface area contributed by atoms with Crippen LogP contribution in [0.15, 0.2) is 60.2 Å². The molecule has 1 saturated heterocycles. The number of halogens is 1. The van der Waals surface area contributed by atoms with Crippen LogP contribution in [-0.2, 0) is 0 Å². The van der Waals surface area contributed by atoms with Crippen molar-refractivity contribution in [2.24, 2.45) is 5.92 Å². The lowest BCUT2D eigenvalue weighted by atomic mass is 9.92. The van der Waals surface area contributed by atoms with Crippen molar-refractivity contribution in [2.45, 2.75) is 6.04 Å². The van der Waals surface area contributed by atoms with Crippen molar-refractivity contribution >= 4 is 11.6 Å². The monoisotopic (exact) mass is 322 g/mol. The fourth-order valence-corrected chi connectivity index (χ4v) is 3.31. The topological polar surface area (TPSA) is 58.2 Å². The maximum absolute atomic E-state index is 13.1. The first kappa shape index (κ1) is 14.9. The zero-order valence-electron chi connectivity index (χ0n) is 12.8. The minimum Gasteiger partial charge on any atom is -0.288 e. The van der Waals surface area contributed by atoms with Gasteiger partial charge in [0.2, 0.25) is 0 Å². The molecule has 1 aliphatic heterocycles. The smallest absolute Gasteiger partial charge is 0.197 e. The molecule has 2 aromatic rings. The molecule has 0 radical (unpaired) electrons. The van der Waals surface area contributed by atoms with E-state index in [9.17, 15) is 14.0 Å². The van der Waals surface area contributed by atoms with Crippen LogP contribution >= 0.6 is 0 Å². The van der Waals surface area contributed by atoms with Gasteiger partial charge in [0.15, 0.2) is 11.6 Å². The fourth-order valence-electron chi connectivity index (χ4n) is 3.31. The van der Waals surface area contributed by atoms with E-state index in [4.69, 9.17) is 0 Å². The van der Waals surface area contributed by atoms with Gasteiger partial charge in [-0.1, -0.05) is 42.5 Å². The summed E-state index contributed by atoms with van der Waals surface area (Å²) in [5.41, 5.74) is 8.23. The van der Waals surface area contributed by atoms with Crippen molar-refractivity contribution in [1.29, 1.82) is 0 Å². The van der Waals surface area contributed by atoms with Gasteiger partial charge in [-0.25, -0.2) is 9.82 Å². The Kier molecular flexibility index (Phi) is 3.59.